The molecule has 2 aliphatic rings. The van der Waals surface area contributed by atoms with Crippen LogP contribution < -0.4 is 14.8 Å². The monoisotopic (exact) mass is 472 g/mol. The molecule has 0 aliphatic carbocycles. The van der Waals surface area contributed by atoms with Gasteiger partial charge in [0.05, 0.1) is 24.2 Å². The Morgan fingerprint density at radius 3 is 2.39 bits per heavy atom. The first-order chi connectivity index (χ1) is 15.9. The molecule has 7 nitrogen and oxygen atoms in total. The third kappa shape index (κ3) is 5.33. The first-order valence-electron chi connectivity index (χ1n) is 11.6. The Morgan fingerprint density at radius 2 is 1.73 bits per heavy atom. The third-order valence-electron chi connectivity index (χ3n) is 6.39. The van der Waals surface area contributed by atoms with Gasteiger partial charge < -0.3 is 14.8 Å². The Balaban J connectivity index is 1.38. The molecule has 8 heteroatoms. The van der Waals surface area contributed by atoms with Crippen LogP contribution in [-0.2, 0) is 14.8 Å². The molecule has 2 heterocycles. The molecule has 0 radical (unpaired) electrons. The maximum Gasteiger partial charge on any atom is 0.243 e. The SMILES string of the molecule is CC[C@@H](NC(=O)C1CCN(S(=O)(=O)c2ccc3c(c2)OCCCO3)CC1)c1ccc(C)cc1. The van der Waals surface area contributed by atoms with Crippen LogP contribution in [0.5, 0.6) is 11.5 Å². The van der Waals surface area contributed by atoms with E-state index in [1.165, 1.54) is 9.87 Å². The molecule has 1 saturated heterocycles. The zero-order chi connectivity index (χ0) is 23.4. The van der Waals surface area contributed by atoms with E-state index >= 15 is 0 Å². The Labute approximate surface area is 196 Å². The molecule has 1 atom stereocenters. The van der Waals surface area contributed by atoms with Crippen LogP contribution in [0.15, 0.2) is 47.4 Å². The fourth-order valence-corrected chi connectivity index (χ4v) is 5.81. The lowest BCUT2D eigenvalue weighted by atomic mass is 9.95. The summed E-state index contributed by atoms with van der Waals surface area (Å²) in [6.45, 7) is 5.77. The lowest BCUT2D eigenvalue weighted by Gasteiger charge is -2.31. The predicted molar refractivity (Wildman–Crippen MR) is 126 cm³/mol. The summed E-state index contributed by atoms with van der Waals surface area (Å²) in [5.41, 5.74) is 2.27. The van der Waals surface area contributed by atoms with E-state index in [0.29, 0.717) is 50.6 Å². The zero-order valence-electron chi connectivity index (χ0n) is 19.2. The van der Waals surface area contributed by atoms with Crippen LogP contribution in [0.3, 0.4) is 0 Å². The van der Waals surface area contributed by atoms with E-state index < -0.39 is 10.0 Å². The number of carbonyl (C=O) groups excluding carboxylic acids is 1. The fraction of sp³-hybridized carbons (Fsp3) is 0.480. The Bertz CT molecular complexity index is 1080. The van der Waals surface area contributed by atoms with Gasteiger partial charge in [-0.05, 0) is 43.9 Å². The molecule has 2 aromatic rings. The van der Waals surface area contributed by atoms with Crippen molar-refractivity contribution in [3.05, 3.63) is 53.6 Å². The van der Waals surface area contributed by atoms with Gasteiger partial charge in [0, 0.05) is 31.5 Å². The van der Waals surface area contributed by atoms with Gasteiger partial charge in [0.25, 0.3) is 0 Å². The van der Waals surface area contributed by atoms with Gasteiger partial charge in [-0.1, -0.05) is 36.8 Å². The predicted octanol–water partition coefficient (Wildman–Crippen LogP) is 3.82. The largest absolute Gasteiger partial charge is 0.490 e. The Kier molecular flexibility index (Phi) is 7.24. The van der Waals surface area contributed by atoms with Crippen molar-refractivity contribution in [2.24, 2.45) is 5.92 Å². The van der Waals surface area contributed by atoms with Crippen LogP contribution in [0.1, 0.15) is 49.8 Å². The van der Waals surface area contributed by atoms with Gasteiger partial charge in [-0.2, -0.15) is 4.31 Å². The molecule has 1 amide bonds. The topological polar surface area (TPSA) is 84.9 Å². The average molecular weight is 473 g/mol. The van der Waals surface area contributed by atoms with Crippen molar-refractivity contribution in [2.75, 3.05) is 26.3 Å². The molecule has 33 heavy (non-hydrogen) atoms. The van der Waals surface area contributed by atoms with Crippen molar-refractivity contribution in [3.63, 3.8) is 0 Å². The highest BCUT2D eigenvalue weighted by molar-refractivity contribution is 7.89. The van der Waals surface area contributed by atoms with E-state index in [2.05, 4.69) is 12.2 Å². The number of rotatable bonds is 6. The number of fused-ring (bicyclic) bond motifs is 1. The fourth-order valence-electron chi connectivity index (χ4n) is 4.32. The summed E-state index contributed by atoms with van der Waals surface area (Å²) < 4.78 is 39.1. The summed E-state index contributed by atoms with van der Waals surface area (Å²) in [7, 11) is -3.67. The molecule has 2 aromatic carbocycles. The van der Waals surface area contributed by atoms with E-state index in [0.717, 1.165) is 18.4 Å². The molecule has 0 aromatic heterocycles. The van der Waals surface area contributed by atoms with E-state index in [1.807, 2.05) is 31.2 Å². The second-order valence-corrected chi connectivity index (χ2v) is 10.7. The van der Waals surface area contributed by atoms with Gasteiger partial charge in [0.2, 0.25) is 15.9 Å². The highest BCUT2D eigenvalue weighted by Crippen LogP contribution is 2.34. The number of amides is 1. The lowest BCUT2D eigenvalue weighted by Crippen LogP contribution is -2.43. The van der Waals surface area contributed by atoms with Crippen LogP contribution in [0, 0.1) is 12.8 Å². The lowest BCUT2D eigenvalue weighted by molar-refractivity contribution is -0.126. The standard InChI is InChI=1S/C25H32N2O5S/c1-3-22(19-7-5-18(2)6-8-19)26-25(28)20-11-13-27(14-12-20)33(29,30)21-9-10-23-24(17-21)32-16-4-15-31-23/h5-10,17,20,22H,3-4,11-16H2,1-2H3,(H,26,28)/t22-/m1/s1. The molecule has 178 valence electrons. The molecule has 2 aliphatic heterocycles. The number of piperidine rings is 1. The smallest absolute Gasteiger partial charge is 0.243 e. The van der Waals surface area contributed by atoms with Crippen LogP contribution in [0.2, 0.25) is 0 Å². The van der Waals surface area contributed by atoms with Crippen LogP contribution in [0.25, 0.3) is 0 Å². The minimum Gasteiger partial charge on any atom is -0.490 e. The quantitative estimate of drug-likeness (QED) is 0.691. The number of benzene rings is 2. The van der Waals surface area contributed by atoms with Gasteiger partial charge in [-0.3, -0.25) is 4.79 Å². The number of sulfonamides is 1. The summed E-state index contributed by atoms with van der Waals surface area (Å²) in [6.07, 6.45) is 2.56. The molecule has 0 saturated carbocycles. The number of hydrogen-bond donors (Lipinski definition) is 1. The second kappa shape index (κ2) is 10.1. The van der Waals surface area contributed by atoms with Gasteiger partial charge >= 0.3 is 0 Å². The maximum atomic E-state index is 13.2. The molecule has 4 rings (SSSR count). The summed E-state index contributed by atoms with van der Waals surface area (Å²) in [5, 5.41) is 3.16. The van der Waals surface area contributed by atoms with Gasteiger partial charge in [-0.15, -0.1) is 0 Å². The summed E-state index contributed by atoms with van der Waals surface area (Å²) >= 11 is 0. The zero-order valence-corrected chi connectivity index (χ0v) is 20.1. The van der Waals surface area contributed by atoms with Gasteiger partial charge in [0.1, 0.15) is 0 Å². The van der Waals surface area contributed by atoms with Crippen molar-refractivity contribution < 1.29 is 22.7 Å². The van der Waals surface area contributed by atoms with Crippen molar-refractivity contribution in [1.29, 1.82) is 0 Å². The van der Waals surface area contributed by atoms with E-state index in [1.54, 1.807) is 18.2 Å². The first-order valence-corrected chi connectivity index (χ1v) is 13.1. The number of aryl methyl sites for hydroxylation is 1. The highest BCUT2D eigenvalue weighted by atomic mass is 32.2. The highest BCUT2D eigenvalue weighted by Gasteiger charge is 2.33. The van der Waals surface area contributed by atoms with Crippen molar-refractivity contribution >= 4 is 15.9 Å². The normalized spacial score (nSPS) is 18.4. The van der Waals surface area contributed by atoms with Crippen LogP contribution in [-0.4, -0.2) is 44.9 Å². The van der Waals surface area contributed by atoms with E-state index in [9.17, 15) is 13.2 Å². The molecule has 0 spiro atoms. The Morgan fingerprint density at radius 1 is 1.06 bits per heavy atom. The number of hydrogen-bond acceptors (Lipinski definition) is 5. The Hall–Kier alpha value is -2.58. The summed E-state index contributed by atoms with van der Waals surface area (Å²) in [6, 6.07) is 12.9. The van der Waals surface area contributed by atoms with Crippen molar-refractivity contribution in [3.8, 4) is 11.5 Å². The van der Waals surface area contributed by atoms with Crippen LogP contribution in [0.4, 0.5) is 0 Å². The minimum atomic E-state index is -3.67. The molecular formula is C25H32N2O5S. The maximum absolute atomic E-state index is 13.2. The molecule has 1 N–H and O–H groups in total. The number of ether oxygens (including phenoxy) is 2. The van der Waals surface area contributed by atoms with Crippen molar-refractivity contribution in [1.82, 2.24) is 9.62 Å². The third-order valence-corrected chi connectivity index (χ3v) is 8.28. The molecular weight excluding hydrogens is 440 g/mol. The first kappa shape index (κ1) is 23.6. The van der Waals surface area contributed by atoms with Gasteiger partial charge in [0.15, 0.2) is 11.5 Å². The molecule has 0 bridgehead atoms. The summed E-state index contributed by atoms with van der Waals surface area (Å²) in [5.74, 6) is 0.834. The number of nitrogens with one attached hydrogen (secondary N) is 1. The van der Waals surface area contributed by atoms with E-state index in [-0.39, 0.29) is 22.8 Å². The number of carbonyl (C=O) groups is 1. The average Bonchev–Trinajstić information content (AvgIpc) is 3.08. The minimum absolute atomic E-state index is 0.00458. The molecule has 1 fully saturated rings. The van der Waals surface area contributed by atoms with Crippen molar-refractivity contribution in [2.45, 2.75) is 50.5 Å². The van der Waals surface area contributed by atoms with Crippen LogP contribution >= 0.6 is 0 Å². The van der Waals surface area contributed by atoms with E-state index in [4.69, 9.17) is 9.47 Å². The second-order valence-electron chi connectivity index (χ2n) is 8.72. The number of nitrogens with zero attached hydrogens (tertiary/aromatic N) is 1. The molecule has 0 unspecified atom stereocenters. The van der Waals surface area contributed by atoms with Gasteiger partial charge in [-0.25, -0.2) is 8.42 Å². The summed E-state index contributed by atoms with van der Waals surface area (Å²) in [4.78, 5) is 13.1.